The van der Waals surface area contributed by atoms with Crippen molar-refractivity contribution in [2.45, 2.75) is 31.7 Å². The van der Waals surface area contributed by atoms with Crippen molar-refractivity contribution in [3.63, 3.8) is 0 Å². The molecule has 0 spiro atoms. The lowest BCUT2D eigenvalue weighted by atomic mass is 9.91. The number of hydrogen-bond donors (Lipinski definition) is 0. The summed E-state index contributed by atoms with van der Waals surface area (Å²) in [5.41, 5.74) is 0. The van der Waals surface area contributed by atoms with E-state index in [0.29, 0.717) is 11.8 Å². The Bertz CT molecular complexity index is 275. The van der Waals surface area contributed by atoms with E-state index in [2.05, 4.69) is 20.8 Å². The summed E-state index contributed by atoms with van der Waals surface area (Å²) in [6.07, 6.45) is 5.97. The average Bonchev–Trinajstić information content (AvgIpc) is 1.98. The predicted molar refractivity (Wildman–Crippen MR) is 67.3 cm³/mol. The fraction of sp³-hybridized carbons (Fsp3) is 1.00. The zero-order chi connectivity index (χ0) is 11.3. The lowest BCUT2D eigenvalue weighted by Gasteiger charge is -2.37. The van der Waals surface area contributed by atoms with Crippen LogP contribution in [0.25, 0.3) is 0 Å². The molecule has 0 unspecified atom stereocenters. The standard InChI is InChI=1S/C10H20BrNO2S/c1-15(13,14)9-3-7-12(8-6-11)10-4-2-5-10/h10H,2-9H2,1H3. The second kappa shape index (κ2) is 6.21. The topological polar surface area (TPSA) is 37.4 Å². The third kappa shape index (κ3) is 5.31. The molecule has 0 aromatic heterocycles. The molecule has 0 atom stereocenters. The molecule has 0 amide bonds. The zero-order valence-corrected chi connectivity index (χ0v) is 11.7. The number of rotatable bonds is 7. The smallest absolute Gasteiger partial charge is 0.147 e. The van der Waals surface area contributed by atoms with Crippen molar-refractivity contribution in [3.05, 3.63) is 0 Å². The fourth-order valence-electron chi connectivity index (χ4n) is 1.87. The van der Waals surface area contributed by atoms with Crippen molar-refractivity contribution in [1.82, 2.24) is 4.90 Å². The van der Waals surface area contributed by atoms with E-state index in [4.69, 9.17) is 0 Å². The quantitative estimate of drug-likeness (QED) is 0.671. The molecule has 1 aliphatic rings. The predicted octanol–water partition coefficient (Wildman–Crippen LogP) is 1.67. The van der Waals surface area contributed by atoms with E-state index in [-0.39, 0.29) is 0 Å². The van der Waals surface area contributed by atoms with Gasteiger partial charge in [0.15, 0.2) is 0 Å². The first-order valence-electron chi connectivity index (χ1n) is 5.50. The van der Waals surface area contributed by atoms with Crippen LogP contribution in [0.4, 0.5) is 0 Å². The molecule has 0 N–H and O–H groups in total. The van der Waals surface area contributed by atoms with E-state index >= 15 is 0 Å². The van der Waals surface area contributed by atoms with E-state index in [9.17, 15) is 8.42 Å². The molecule has 5 heteroatoms. The van der Waals surface area contributed by atoms with Crippen LogP contribution >= 0.6 is 15.9 Å². The SMILES string of the molecule is CS(=O)(=O)CCCN(CCBr)C1CCC1. The second-order valence-electron chi connectivity index (χ2n) is 4.29. The zero-order valence-electron chi connectivity index (χ0n) is 9.28. The lowest BCUT2D eigenvalue weighted by Crippen LogP contribution is -2.42. The van der Waals surface area contributed by atoms with Gasteiger partial charge in [-0.2, -0.15) is 0 Å². The largest absolute Gasteiger partial charge is 0.300 e. The Labute approximate surface area is 101 Å². The number of hydrogen-bond acceptors (Lipinski definition) is 3. The van der Waals surface area contributed by atoms with Crippen LogP contribution in [0.5, 0.6) is 0 Å². The molecule has 1 aliphatic carbocycles. The first-order chi connectivity index (χ1) is 7.03. The average molecular weight is 298 g/mol. The Kier molecular flexibility index (Phi) is 5.57. The summed E-state index contributed by atoms with van der Waals surface area (Å²) < 4.78 is 22.0. The van der Waals surface area contributed by atoms with E-state index in [1.807, 2.05) is 0 Å². The normalized spacial score (nSPS) is 18.1. The van der Waals surface area contributed by atoms with Gasteiger partial charge in [-0.25, -0.2) is 8.42 Å². The monoisotopic (exact) mass is 297 g/mol. The Morgan fingerprint density at radius 2 is 2.00 bits per heavy atom. The molecule has 3 nitrogen and oxygen atoms in total. The van der Waals surface area contributed by atoms with E-state index in [1.165, 1.54) is 25.5 Å². The van der Waals surface area contributed by atoms with Crippen LogP contribution in [0.1, 0.15) is 25.7 Å². The van der Waals surface area contributed by atoms with Crippen LogP contribution in [0.15, 0.2) is 0 Å². The highest BCUT2D eigenvalue weighted by molar-refractivity contribution is 9.09. The van der Waals surface area contributed by atoms with Crippen molar-refractivity contribution in [2.24, 2.45) is 0 Å². The van der Waals surface area contributed by atoms with Gasteiger partial charge in [-0.1, -0.05) is 22.4 Å². The molecule has 1 fully saturated rings. The molecule has 0 aromatic rings. The van der Waals surface area contributed by atoms with E-state index < -0.39 is 9.84 Å². The molecule has 0 aromatic carbocycles. The summed E-state index contributed by atoms with van der Waals surface area (Å²) in [4.78, 5) is 2.42. The minimum absolute atomic E-state index is 0.318. The summed E-state index contributed by atoms with van der Waals surface area (Å²) in [6.45, 7) is 1.96. The van der Waals surface area contributed by atoms with Crippen molar-refractivity contribution in [1.29, 1.82) is 0 Å². The lowest BCUT2D eigenvalue weighted by molar-refractivity contribution is 0.136. The molecule has 15 heavy (non-hydrogen) atoms. The van der Waals surface area contributed by atoms with E-state index in [1.54, 1.807) is 0 Å². The van der Waals surface area contributed by atoms with E-state index in [0.717, 1.165) is 24.8 Å². The van der Waals surface area contributed by atoms with Gasteiger partial charge in [0.05, 0.1) is 5.75 Å². The second-order valence-corrected chi connectivity index (χ2v) is 7.35. The highest BCUT2D eigenvalue weighted by atomic mass is 79.9. The Hall–Kier alpha value is 0.390. The molecular weight excluding hydrogens is 278 g/mol. The van der Waals surface area contributed by atoms with Crippen LogP contribution in [-0.2, 0) is 9.84 Å². The molecule has 1 rings (SSSR count). The number of alkyl halides is 1. The number of sulfone groups is 1. The van der Waals surface area contributed by atoms with Crippen molar-refractivity contribution >= 4 is 25.8 Å². The van der Waals surface area contributed by atoms with Crippen LogP contribution in [0.3, 0.4) is 0 Å². The maximum atomic E-state index is 11.0. The van der Waals surface area contributed by atoms with Gasteiger partial charge in [-0.05, 0) is 25.8 Å². The fourth-order valence-corrected chi connectivity index (χ4v) is 2.98. The Morgan fingerprint density at radius 3 is 2.40 bits per heavy atom. The summed E-state index contributed by atoms with van der Waals surface area (Å²) in [5, 5.41) is 0.975. The molecule has 0 saturated heterocycles. The minimum Gasteiger partial charge on any atom is -0.300 e. The molecule has 1 saturated carbocycles. The number of halogens is 1. The number of nitrogens with zero attached hydrogens (tertiary/aromatic N) is 1. The van der Waals surface area contributed by atoms with Crippen molar-refractivity contribution < 1.29 is 8.42 Å². The first kappa shape index (κ1) is 13.5. The first-order valence-corrected chi connectivity index (χ1v) is 8.69. The van der Waals surface area contributed by atoms with Gasteiger partial charge >= 0.3 is 0 Å². The third-order valence-electron chi connectivity index (χ3n) is 2.92. The third-order valence-corrected chi connectivity index (χ3v) is 4.31. The van der Waals surface area contributed by atoms with Gasteiger partial charge in [0.1, 0.15) is 9.84 Å². The maximum absolute atomic E-state index is 11.0. The van der Waals surface area contributed by atoms with Crippen molar-refractivity contribution in [2.75, 3.05) is 30.4 Å². The summed E-state index contributed by atoms with van der Waals surface area (Å²) >= 11 is 3.44. The van der Waals surface area contributed by atoms with Gasteiger partial charge in [0.25, 0.3) is 0 Å². The molecular formula is C10H20BrNO2S. The molecule has 0 bridgehead atoms. The summed E-state index contributed by atoms with van der Waals surface area (Å²) in [5.74, 6) is 0.318. The Morgan fingerprint density at radius 1 is 1.33 bits per heavy atom. The molecule has 0 heterocycles. The molecule has 0 radical (unpaired) electrons. The van der Waals surface area contributed by atoms with Gasteiger partial charge in [0, 0.05) is 24.2 Å². The summed E-state index contributed by atoms with van der Waals surface area (Å²) in [6, 6.07) is 0.710. The minimum atomic E-state index is -2.79. The van der Waals surface area contributed by atoms with Crippen LogP contribution in [0.2, 0.25) is 0 Å². The van der Waals surface area contributed by atoms with Crippen molar-refractivity contribution in [3.8, 4) is 0 Å². The Balaban J connectivity index is 2.25. The molecule has 90 valence electrons. The van der Waals surface area contributed by atoms with Gasteiger partial charge in [-0.15, -0.1) is 0 Å². The molecule has 0 aliphatic heterocycles. The maximum Gasteiger partial charge on any atom is 0.147 e. The van der Waals surface area contributed by atoms with Gasteiger partial charge in [0.2, 0.25) is 0 Å². The highest BCUT2D eigenvalue weighted by Gasteiger charge is 2.23. The highest BCUT2D eigenvalue weighted by Crippen LogP contribution is 2.24. The van der Waals surface area contributed by atoms with Gasteiger partial charge < -0.3 is 0 Å². The summed E-state index contributed by atoms with van der Waals surface area (Å²) in [7, 11) is -2.79. The van der Waals surface area contributed by atoms with Crippen LogP contribution in [0, 0.1) is 0 Å². The van der Waals surface area contributed by atoms with Crippen LogP contribution in [-0.4, -0.2) is 49.8 Å². The van der Waals surface area contributed by atoms with Crippen LogP contribution < -0.4 is 0 Å². The van der Waals surface area contributed by atoms with Gasteiger partial charge in [-0.3, -0.25) is 4.90 Å².